The molecule has 4 N–H and O–H groups in total. The number of fused-ring (bicyclic) bond motifs is 4. The molecule has 1 aromatic carbocycles. The number of nitrogens with one attached hydrogen (secondary N) is 1. The summed E-state index contributed by atoms with van der Waals surface area (Å²) in [5, 5.41) is 32.4. The minimum absolute atomic E-state index is 0.0135. The van der Waals surface area contributed by atoms with Crippen molar-refractivity contribution in [2.75, 3.05) is 19.0 Å². The van der Waals surface area contributed by atoms with Crippen molar-refractivity contribution < 1.29 is 15.3 Å². The van der Waals surface area contributed by atoms with Crippen molar-refractivity contribution in [2.24, 2.45) is 0 Å². The molecule has 0 saturated carbocycles. The second-order valence-electron chi connectivity index (χ2n) is 10.5. The van der Waals surface area contributed by atoms with Gasteiger partial charge in [0.05, 0.1) is 31.9 Å². The highest BCUT2D eigenvalue weighted by Gasteiger charge is 2.53. The smallest absolute Gasteiger partial charge is 0.260 e. The summed E-state index contributed by atoms with van der Waals surface area (Å²) in [4.78, 5) is 70.5. The average molecular weight is 553 g/mol. The number of aromatic hydroxyl groups is 1. The fourth-order valence-corrected chi connectivity index (χ4v) is 6.32. The van der Waals surface area contributed by atoms with E-state index in [0.717, 1.165) is 6.07 Å². The third-order valence-electron chi connectivity index (χ3n) is 8.13. The molecule has 0 amide bonds. The Morgan fingerprint density at radius 3 is 2.15 bits per heavy atom. The number of phenols is 1. The summed E-state index contributed by atoms with van der Waals surface area (Å²) in [6.07, 6.45) is 7.20. The van der Waals surface area contributed by atoms with E-state index in [9.17, 15) is 39.3 Å². The molecule has 4 aliphatic carbocycles. The first-order chi connectivity index (χ1) is 19.4. The number of aromatic nitrogens is 1. The van der Waals surface area contributed by atoms with Crippen LogP contribution in [0, 0.1) is 10.4 Å². The standard InChI is InChI=1S/C31H24N2O8/c1-4-5-6-7-15-11-14-10-13-8-9-31(23(13)27(38)18(14)30(41)32-15)28(39)21-22(29(31)40)26(37)20-19(25(21)36)17(34)12-16(24(20)35)33(2)3/h4-7,10-12,38-40H,8-9H2,1-3H3,(H,32,41)/b5-4+,7-6+/t31-/m0/s1. The van der Waals surface area contributed by atoms with E-state index in [0.29, 0.717) is 16.6 Å². The molecule has 6 rings (SSSR count). The maximum Gasteiger partial charge on any atom is 0.260 e. The first-order valence-electron chi connectivity index (χ1n) is 12.9. The Kier molecular flexibility index (Phi) is 5.47. The summed E-state index contributed by atoms with van der Waals surface area (Å²) in [5.74, 6) is -1.94. The van der Waals surface area contributed by atoms with Gasteiger partial charge in [-0.05, 0) is 42.9 Å². The van der Waals surface area contributed by atoms with E-state index in [1.807, 2.05) is 13.0 Å². The molecule has 206 valence electrons. The van der Waals surface area contributed by atoms with Gasteiger partial charge in [-0.3, -0.25) is 24.0 Å². The van der Waals surface area contributed by atoms with Crippen molar-refractivity contribution in [3.63, 3.8) is 0 Å². The lowest BCUT2D eigenvalue weighted by Gasteiger charge is -2.27. The summed E-state index contributed by atoms with van der Waals surface area (Å²) in [6, 6.07) is 4.29. The van der Waals surface area contributed by atoms with Crippen molar-refractivity contribution in [1.29, 1.82) is 0 Å². The predicted molar refractivity (Wildman–Crippen MR) is 155 cm³/mol. The maximum absolute atomic E-state index is 13.7. The number of aromatic amines is 1. The SMILES string of the molecule is C/C=C/C=C/c1cc2cc3c(c(O)c2c(=O)[nH]1)[C@@]1(CC3)C(O)=c2c(=O)c3c(=O)cc(N(C)C)c(=O)c=3c(=O)c2=C1O. The minimum Gasteiger partial charge on any atom is -0.510 e. The fraction of sp³-hybridized carbons (Fsp3) is 0.194. The summed E-state index contributed by atoms with van der Waals surface area (Å²) in [6.45, 7) is 1.85. The summed E-state index contributed by atoms with van der Waals surface area (Å²) >= 11 is 0. The van der Waals surface area contributed by atoms with E-state index in [-0.39, 0.29) is 29.5 Å². The number of allylic oxidation sites excluding steroid dienone is 3. The van der Waals surface area contributed by atoms with E-state index in [1.54, 1.807) is 30.4 Å². The minimum atomic E-state index is -1.92. The Morgan fingerprint density at radius 2 is 1.51 bits per heavy atom. The monoisotopic (exact) mass is 552 g/mol. The quantitative estimate of drug-likeness (QED) is 0.259. The first-order valence-corrected chi connectivity index (χ1v) is 12.9. The highest BCUT2D eigenvalue weighted by Crippen LogP contribution is 2.54. The van der Waals surface area contributed by atoms with Gasteiger partial charge in [-0.15, -0.1) is 0 Å². The predicted octanol–water partition coefficient (Wildman–Crippen LogP) is 0.160. The molecule has 1 atom stereocenters. The van der Waals surface area contributed by atoms with E-state index in [1.165, 1.54) is 19.0 Å². The summed E-state index contributed by atoms with van der Waals surface area (Å²) in [5.41, 5.74) is -5.53. The van der Waals surface area contributed by atoms with Crippen molar-refractivity contribution in [1.82, 2.24) is 4.98 Å². The third kappa shape index (κ3) is 3.21. The van der Waals surface area contributed by atoms with Gasteiger partial charge < -0.3 is 25.2 Å². The van der Waals surface area contributed by atoms with Gasteiger partial charge in [-0.25, -0.2) is 0 Å². The lowest BCUT2D eigenvalue weighted by Crippen LogP contribution is -2.52. The largest absolute Gasteiger partial charge is 0.510 e. The number of aliphatic hydroxyl groups is 2. The van der Waals surface area contributed by atoms with Crippen LogP contribution in [0.25, 0.3) is 28.4 Å². The van der Waals surface area contributed by atoms with Gasteiger partial charge in [-0.1, -0.05) is 24.3 Å². The Morgan fingerprint density at radius 1 is 0.854 bits per heavy atom. The van der Waals surface area contributed by atoms with E-state index in [2.05, 4.69) is 4.98 Å². The molecule has 1 spiro atoms. The number of benzene rings is 1. The van der Waals surface area contributed by atoms with Crippen LogP contribution < -0.4 is 42.6 Å². The van der Waals surface area contributed by atoms with Crippen LogP contribution >= 0.6 is 0 Å². The number of hydrogen-bond acceptors (Lipinski definition) is 9. The maximum atomic E-state index is 13.7. The number of nitrogens with zero attached hydrogens (tertiary/aromatic N) is 1. The second-order valence-corrected chi connectivity index (χ2v) is 10.5. The molecule has 4 aliphatic rings. The number of phenolic OH excluding ortho intramolecular Hbond substituents is 1. The van der Waals surface area contributed by atoms with Gasteiger partial charge >= 0.3 is 0 Å². The van der Waals surface area contributed by atoms with Crippen molar-refractivity contribution in [3.05, 3.63) is 125 Å². The van der Waals surface area contributed by atoms with Crippen LogP contribution in [0.1, 0.15) is 30.2 Å². The Hall–Kier alpha value is -5.25. The molecule has 0 bridgehead atoms. The topological polar surface area (TPSA) is 165 Å². The van der Waals surface area contributed by atoms with Crippen molar-refractivity contribution >= 4 is 34.1 Å². The zero-order valence-corrected chi connectivity index (χ0v) is 22.3. The van der Waals surface area contributed by atoms with Crippen LogP contribution in [0.4, 0.5) is 5.69 Å². The van der Waals surface area contributed by atoms with Gasteiger partial charge in [0.1, 0.15) is 22.7 Å². The average Bonchev–Trinajstić information content (AvgIpc) is 3.40. The lowest BCUT2D eigenvalue weighted by molar-refractivity contribution is 0.362. The number of aliphatic hydroxyl groups excluding tert-OH is 2. The fourth-order valence-electron chi connectivity index (χ4n) is 6.32. The molecule has 10 nitrogen and oxygen atoms in total. The van der Waals surface area contributed by atoms with E-state index in [4.69, 9.17) is 0 Å². The normalized spacial score (nSPS) is 18.0. The second kappa shape index (κ2) is 8.62. The lowest BCUT2D eigenvalue weighted by atomic mass is 9.78. The highest BCUT2D eigenvalue weighted by atomic mass is 16.3. The first kappa shape index (κ1) is 26.0. The Balaban J connectivity index is 1.74. The van der Waals surface area contributed by atoms with Crippen LogP contribution in [0.5, 0.6) is 5.75 Å². The van der Waals surface area contributed by atoms with Crippen LogP contribution in [0.2, 0.25) is 0 Å². The van der Waals surface area contributed by atoms with Gasteiger partial charge in [0, 0.05) is 31.4 Å². The molecule has 2 aromatic rings. The van der Waals surface area contributed by atoms with Gasteiger partial charge in [-0.2, -0.15) is 0 Å². The molecular weight excluding hydrogens is 528 g/mol. The van der Waals surface area contributed by atoms with Gasteiger partial charge in [0.25, 0.3) is 5.56 Å². The van der Waals surface area contributed by atoms with Gasteiger partial charge in [0.2, 0.25) is 16.3 Å². The summed E-state index contributed by atoms with van der Waals surface area (Å²) < 4.78 is 0. The van der Waals surface area contributed by atoms with E-state index < -0.39 is 70.8 Å². The number of anilines is 1. The molecule has 0 unspecified atom stereocenters. The Bertz CT molecular complexity index is 2390. The zero-order valence-electron chi connectivity index (χ0n) is 22.3. The van der Waals surface area contributed by atoms with Crippen LogP contribution in [0.15, 0.2) is 60.4 Å². The van der Waals surface area contributed by atoms with E-state index >= 15 is 0 Å². The molecular formula is C31H24N2O8. The third-order valence-corrected chi connectivity index (χ3v) is 8.13. The van der Waals surface area contributed by atoms with Crippen LogP contribution in [0.3, 0.4) is 0 Å². The number of aryl methyl sites for hydroxylation is 1. The Labute approximate surface area is 229 Å². The molecule has 0 radical (unpaired) electrons. The molecule has 10 heteroatoms. The van der Waals surface area contributed by atoms with Crippen molar-refractivity contribution in [3.8, 4) is 5.75 Å². The molecule has 1 aromatic heterocycles. The summed E-state index contributed by atoms with van der Waals surface area (Å²) in [7, 11) is 3.00. The van der Waals surface area contributed by atoms with Gasteiger partial charge in [0.15, 0.2) is 5.43 Å². The number of pyridine rings is 1. The molecule has 1 heterocycles. The molecule has 0 fully saturated rings. The van der Waals surface area contributed by atoms with Crippen molar-refractivity contribution in [2.45, 2.75) is 25.2 Å². The zero-order chi connectivity index (χ0) is 29.5. The number of hydrogen-bond donors (Lipinski definition) is 4. The number of rotatable bonds is 3. The molecule has 0 saturated heterocycles. The van der Waals surface area contributed by atoms with Crippen LogP contribution in [-0.4, -0.2) is 34.4 Å². The van der Waals surface area contributed by atoms with Crippen LogP contribution in [-0.2, 0) is 11.8 Å². The molecule has 41 heavy (non-hydrogen) atoms. The highest BCUT2D eigenvalue weighted by molar-refractivity contribution is 5.94. The molecule has 0 aliphatic heterocycles. The number of H-pyrrole nitrogens is 1.